The third-order valence-corrected chi connectivity index (χ3v) is 9.93. The lowest BCUT2D eigenvalue weighted by atomic mass is 9.76. The highest BCUT2D eigenvalue weighted by Crippen LogP contribution is 2.49. The summed E-state index contributed by atoms with van der Waals surface area (Å²) in [5, 5.41) is 17.1. The molecule has 0 fully saturated rings. The maximum atomic E-state index is 13.5. The molecule has 2 aromatic rings. The highest BCUT2D eigenvalue weighted by atomic mass is 16.3. The number of hydrogen-bond donors (Lipinski definition) is 3. The van der Waals surface area contributed by atoms with Gasteiger partial charge < -0.3 is 20.3 Å². The van der Waals surface area contributed by atoms with Crippen LogP contribution in [0.5, 0.6) is 0 Å². The highest BCUT2D eigenvalue weighted by molar-refractivity contribution is 5.95. The van der Waals surface area contributed by atoms with Crippen LogP contribution in [0.2, 0.25) is 0 Å². The van der Waals surface area contributed by atoms with Gasteiger partial charge in [0.25, 0.3) is 5.91 Å². The van der Waals surface area contributed by atoms with Crippen LogP contribution in [-0.2, 0) is 23.2 Å². The van der Waals surface area contributed by atoms with E-state index >= 15 is 0 Å². The second kappa shape index (κ2) is 9.87. The molecule has 7 rings (SSSR count). The maximum Gasteiger partial charge on any atom is 0.252 e. The number of aliphatic hydroxyl groups is 1. The van der Waals surface area contributed by atoms with Crippen LogP contribution < -0.4 is 10.6 Å². The number of amides is 2. The number of allylic oxidation sites excluding steroid dienone is 4. The topological polar surface area (TPSA) is 122 Å². The molecule has 9 heteroatoms. The molecule has 5 aliphatic rings. The number of rotatable bonds is 5. The molecule has 0 saturated heterocycles. The van der Waals surface area contributed by atoms with E-state index in [0.717, 1.165) is 60.5 Å². The molecule has 2 aromatic heterocycles. The van der Waals surface area contributed by atoms with Gasteiger partial charge in [0.1, 0.15) is 17.2 Å². The molecule has 0 bridgehead atoms. The van der Waals surface area contributed by atoms with Crippen molar-refractivity contribution in [1.82, 2.24) is 25.2 Å². The van der Waals surface area contributed by atoms with Gasteiger partial charge in [0.15, 0.2) is 0 Å². The highest BCUT2D eigenvalue weighted by Gasteiger charge is 2.52. The van der Waals surface area contributed by atoms with E-state index in [4.69, 9.17) is 4.98 Å². The number of aromatic nitrogens is 3. The smallest absolute Gasteiger partial charge is 0.252 e. The molecule has 9 nitrogen and oxygen atoms in total. The van der Waals surface area contributed by atoms with Crippen molar-refractivity contribution >= 4 is 18.0 Å². The first kappa shape index (κ1) is 27.0. The Labute approximate surface area is 245 Å². The van der Waals surface area contributed by atoms with Crippen LogP contribution in [-0.4, -0.2) is 44.2 Å². The van der Waals surface area contributed by atoms with Gasteiger partial charge in [0.2, 0.25) is 5.91 Å². The molecule has 5 heterocycles. The van der Waals surface area contributed by atoms with Crippen molar-refractivity contribution in [3.63, 3.8) is 0 Å². The lowest BCUT2D eigenvalue weighted by molar-refractivity contribution is -0.126. The average Bonchev–Trinajstić information content (AvgIpc) is 3.67. The molecule has 0 unspecified atom stereocenters. The number of nitrogens with one attached hydrogen (secondary N) is 2. The van der Waals surface area contributed by atoms with Crippen molar-refractivity contribution in [3.05, 3.63) is 82.0 Å². The van der Waals surface area contributed by atoms with Gasteiger partial charge in [-0.25, -0.2) is 9.98 Å². The standard InChI is InChI=1S/C33H38N6O3/c1-19-24(20-8-5-4-6-9-20)13-22(29-36-18-27(39(19)29)32(2,3)42)16-37-30(40)23-12-21-14-33(15-26(21)35-17-23)25-10-7-11-34-28(25)38-31(33)41/h4-5,8,11-12,17-19,22,24,42H,6-7,9-10,13-16H2,1-3H3,(H,37,40)(H,38,41)/t19-,22-,24-,33+/m1/s1. The summed E-state index contributed by atoms with van der Waals surface area (Å²) in [6, 6.07) is 2.06. The molecule has 3 N–H and O–H groups in total. The first-order valence-corrected chi connectivity index (χ1v) is 15.1. The van der Waals surface area contributed by atoms with E-state index in [9.17, 15) is 14.7 Å². The van der Waals surface area contributed by atoms with E-state index in [2.05, 4.69) is 50.3 Å². The van der Waals surface area contributed by atoms with Crippen LogP contribution in [0.15, 0.2) is 58.6 Å². The molecule has 4 atom stereocenters. The largest absolute Gasteiger partial charge is 0.384 e. The fourth-order valence-electron chi connectivity index (χ4n) is 7.75. The predicted octanol–water partition coefficient (Wildman–Crippen LogP) is 4.17. The van der Waals surface area contributed by atoms with Crippen molar-refractivity contribution in [2.75, 3.05) is 6.54 Å². The molecule has 3 aliphatic heterocycles. The van der Waals surface area contributed by atoms with Gasteiger partial charge in [0, 0.05) is 48.9 Å². The van der Waals surface area contributed by atoms with Crippen LogP contribution in [0.25, 0.3) is 0 Å². The Balaban J connectivity index is 1.11. The molecule has 42 heavy (non-hydrogen) atoms. The number of carbonyl (C=O) groups excluding carboxylic acids is 2. The van der Waals surface area contributed by atoms with Crippen LogP contribution in [0, 0.1) is 11.3 Å². The van der Waals surface area contributed by atoms with Crippen molar-refractivity contribution in [1.29, 1.82) is 0 Å². The van der Waals surface area contributed by atoms with Crippen molar-refractivity contribution in [2.45, 2.75) is 83.3 Å². The van der Waals surface area contributed by atoms with E-state index < -0.39 is 11.0 Å². The first-order valence-electron chi connectivity index (χ1n) is 15.1. The van der Waals surface area contributed by atoms with Gasteiger partial charge in [0.05, 0.1) is 22.9 Å². The predicted molar refractivity (Wildman–Crippen MR) is 159 cm³/mol. The number of hydrogen-bond acceptors (Lipinski definition) is 6. The number of fused-ring (bicyclic) bond motifs is 3. The number of carbonyl (C=O) groups is 2. The number of imidazole rings is 1. The Morgan fingerprint density at radius 3 is 2.86 bits per heavy atom. The second-order valence-corrected chi connectivity index (χ2v) is 13.0. The minimum absolute atomic E-state index is 0.00288. The van der Waals surface area contributed by atoms with Crippen molar-refractivity contribution in [3.8, 4) is 0 Å². The van der Waals surface area contributed by atoms with E-state index in [1.807, 2.05) is 12.3 Å². The van der Waals surface area contributed by atoms with Gasteiger partial charge in [-0.15, -0.1) is 0 Å². The van der Waals surface area contributed by atoms with Crippen LogP contribution >= 0.6 is 0 Å². The quantitative estimate of drug-likeness (QED) is 0.502. The second-order valence-electron chi connectivity index (χ2n) is 13.0. The number of pyridine rings is 1. The molecule has 2 aliphatic carbocycles. The summed E-state index contributed by atoms with van der Waals surface area (Å²) in [4.78, 5) is 40.4. The zero-order chi connectivity index (χ0) is 29.2. The van der Waals surface area contributed by atoms with E-state index in [-0.39, 0.29) is 23.8 Å². The fraction of sp³-hybridized carbons (Fsp3) is 0.485. The third kappa shape index (κ3) is 4.28. The fourth-order valence-corrected chi connectivity index (χ4v) is 7.75. The summed E-state index contributed by atoms with van der Waals surface area (Å²) in [5.41, 5.74) is 3.96. The van der Waals surface area contributed by atoms with Crippen LogP contribution in [0.1, 0.15) is 98.0 Å². The van der Waals surface area contributed by atoms with Gasteiger partial charge in [-0.1, -0.05) is 23.8 Å². The summed E-state index contributed by atoms with van der Waals surface area (Å²) >= 11 is 0. The molecule has 2 amide bonds. The summed E-state index contributed by atoms with van der Waals surface area (Å²) in [6.45, 7) is 6.24. The zero-order valence-electron chi connectivity index (χ0n) is 24.5. The third-order valence-electron chi connectivity index (χ3n) is 9.93. The van der Waals surface area contributed by atoms with Gasteiger partial charge in [-0.2, -0.15) is 0 Å². The summed E-state index contributed by atoms with van der Waals surface area (Å²) in [5.74, 6) is 1.70. The lowest BCUT2D eigenvalue weighted by Crippen LogP contribution is -2.38. The van der Waals surface area contributed by atoms with Crippen LogP contribution in [0.4, 0.5) is 0 Å². The van der Waals surface area contributed by atoms with Gasteiger partial charge >= 0.3 is 0 Å². The summed E-state index contributed by atoms with van der Waals surface area (Å²) in [6.07, 6.45) is 17.5. The first-order chi connectivity index (χ1) is 20.2. The average molecular weight is 567 g/mol. The SMILES string of the molecule is C[C@@H]1[C@H](C2=CC=CCC2)C[C@H](CNC(=O)c2cnc3c(c2)C[C@@]2(C3)C(=O)NC3=C2CCC=N3)c2ncc(C(C)(C)O)n21. The van der Waals surface area contributed by atoms with Crippen molar-refractivity contribution in [2.24, 2.45) is 16.3 Å². The van der Waals surface area contributed by atoms with E-state index in [1.165, 1.54) is 5.57 Å². The van der Waals surface area contributed by atoms with Crippen molar-refractivity contribution < 1.29 is 14.7 Å². The Hall–Kier alpha value is -3.85. The number of nitrogens with zero attached hydrogens (tertiary/aromatic N) is 4. The molecule has 218 valence electrons. The van der Waals surface area contributed by atoms with Gasteiger partial charge in [-0.05, 0) is 76.5 Å². The minimum Gasteiger partial charge on any atom is -0.384 e. The Bertz CT molecular complexity index is 1610. The molecule has 0 aromatic carbocycles. The Kier molecular flexibility index (Phi) is 6.34. The van der Waals surface area contributed by atoms with Crippen LogP contribution in [0.3, 0.4) is 0 Å². The Morgan fingerprint density at radius 2 is 2.07 bits per heavy atom. The van der Waals surface area contributed by atoms with Gasteiger partial charge in [-0.3, -0.25) is 14.6 Å². The molecular formula is C33H38N6O3. The lowest BCUT2D eigenvalue weighted by Gasteiger charge is -2.40. The summed E-state index contributed by atoms with van der Waals surface area (Å²) < 4.78 is 2.20. The minimum atomic E-state index is -1.03. The maximum absolute atomic E-state index is 13.5. The van der Waals surface area contributed by atoms with E-state index in [0.29, 0.717) is 36.7 Å². The number of aliphatic imine (C=N–C) groups is 1. The molecule has 1 spiro atoms. The summed E-state index contributed by atoms with van der Waals surface area (Å²) in [7, 11) is 0. The monoisotopic (exact) mass is 566 g/mol. The molecule has 0 radical (unpaired) electrons. The molecule has 0 saturated carbocycles. The van der Waals surface area contributed by atoms with E-state index in [1.54, 1.807) is 26.2 Å². The Morgan fingerprint density at radius 1 is 1.21 bits per heavy atom. The molecular weight excluding hydrogens is 528 g/mol. The normalized spacial score (nSPS) is 28.0. The zero-order valence-corrected chi connectivity index (χ0v) is 24.5.